The summed E-state index contributed by atoms with van der Waals surface area (Å²) in [5, 5.41) is 16.8. The van der Waals surface area contributed by atoms with Gasteiger partial charge in [-0.2, -0.15) is 0 Å². The zero-order valence-corrected chi connectivity index (χ0v) is 16.7. The maximum Gasteiger partial charge on any atom is 0.216 e. The van der Waals surface area contributed by atoms with E-state index in [9.17, 15) is 5.11 Å². The number of guanidine groups is 1. The van der Waals surface area contributed by atoms with Gasteiger partial charge in [-0.25, -0.2) is 9.98 Å². The molecule has 7 nitrogen and oxygen atoms in total. The van der Waals surface area contributed by atoms with Gasteiger partial charge in [0.25, 0.3) is 0 Å². The molecule has 0 amide bonds. The van der Waals surface area contributed by atoms with Crippen LogP contribution in [-0.2, 0) is 6.54 Å². The molecule has 1 unspecified atom stereocenters. The Bertz CT molecular complexity index is 736. The minimum absolute atomic E-state index is 0.0884. The highest BCUT2D eigenvalue weighted by Gasteiger charge is 2.11. The molecular weight excluding hydrogens is 344 g/mol. The number of hydrogen-bond donors (Lipinski definition) is 3. The lowest BCUT2D eigenvalue weighted by Gasteiger charge is -2.17. The fourth-order valence-corrected chi connectivity index (χ4v) is 2.47. The molecule has 27 heavy (non-hydrogen) atoms. The summed E-state index contributed by atoms with van der Waals surface area (Å²) >= 11 is 0. The predicted molar refractivity (Wildman–Crippen MR) is 106 cm³/mol. The number of hydrogen-bond acceptors (Lipinski definition) is 5. The average Bonchev–Trinajstić information content (AvgIpc) is 2.94. The maximum absolute atomic E-state index is 10.5. The van der Waals surface area contributed by atoms with E-state index in [0.29, 0.717) is 31.5 Å². The molecule has 3 N–H and O–H groups in total. The van der Waals surface area contributed by atoms with Crippen molar-refractivity contribution in [1.29, 1.82) is 0 Å². The standard InChI is InChI=1S/C20H30N4O3/c1-6-21-20(23-12-19-24-14(4)15(5)27-19)22-11-18(25)16-8-7-9-17(10-16)26-13(2)3/h7-10,13,18,25H,6,11-12H2,1-5H3,(H2,21,22,23). The molecule has 7 heteroatoms. The maximum atomic E-state index is 10.5. The molecule has 0 aliphatic carbocycles. The molecule has 0 saturated carbocycles. The Labute approximate surface area is 160 Å². The van der Waals surface area contributed by atoms with E-state index in [2.05, 4.69) is 20.6 Å². The Hall–Kier alpha value is -2.54. The molecule has 0 spiro atoms. The summed E-state index contributed by atoms with van der Waals surface area (Å²) in [4.78, 5) is 8.79. The number of aromatic nitrogens is 1. The van der Waals surface area contributed by atoms with Gasteiger partial charge in [0.05, 0.1) is 17.9 Å². The lowest BCUT2D eigenvalue weighted by atomic mass is 10.1. The zero-order chi connectivity index (χ0) is 19.8. The summed E-state index contributed by atoms with van der Waals surface area (Å²) in [6.07, 6.45) is -0.596. The van der Waals surface area contributed by atoms with Crippen molar-refractivity contribution >= 4 is 5.96 Å². The van der Waals surface area contributed by atoms with E-state index in [0.717, 1.165) is 22.8 Å². The minimum Gasteiger partial charge on any atom is -0.491 e. The van der Waals surface area contributed by atoms with Crippen LogP contribution in [0.25, 0.3) is 0 Å². The van der Waals surface area contributed by atoms with Crippen LogP contribution < -0.4 is 15.4 Å². The van der Waals surface area contributed by atoms with Gasteiger partial charge in [0, 0.05) is 13.1 Å². The molecule has 0 aliphatic rings. The number of benzene rings is 1. The zero-order valence-electron chi connectivity index (χ0n) is 16.7. The SMILES string of the molecule is CCNC(=NCc1nc(C)c(C)o1)NCC(O)c1cccc(OC(C)C)c1. The topological polar surface area (TPSA) is 91.9 Å². The van der Waals surface area contributed by atoms with E-state index in [-0.39, 0.29) is 6.10 Å². The number of ether oxygens (including phenoxy) is 1. The van der Waals surface area contributed by atoms with Crippen LogP contribution in [0.3, 0.4) is 0 Å². The normalized spacial score (nSPS) is 12.9. The van der Waals surface area contributed by atoms with Crippen LogP contribution in [0.4, 0.5) is 0 Å². The van der Waals surface area contributed by atoms with Gasteiger partial charge in [-0.15, -0.1) is 0 Å². The molecule has 2 aromatic rings. The molecule has 2 rings (SSSR count). The number of aliphatic hydroxyl groups excluding tert-OH is 1. The molecule has 1 atom stereocenters. The lowest BCUT2D eigenvalue weighted by molar-refractivity contribution is 0.179. The number of nitrogens with zero attached hydrogens (tertiary/aromatic N) is 2. The third kappa shape index (κ3) is 6.60. The summed E-state index contributed by atoms with van der Waals surface area (Å²) in [5.74, 6) is 2.72. The van der Waals surface area contributed by atoms with E-state index in [1.165, 1.54) is 0 Å². The monoisotopic (exact) mass is 374 g/mol. The first kappa shape index (κ1) is 20.8. The Morgan fingerprint density at radius 1 is 1.30 bits per heavy atom. The molecule has 0 radical (unpaired) electrons. The Balaban J connectivity index is 1.97. The van der Waals surface area contributed by atoms with Gasteiger partial charge >= 0.3 is 0 Å². The van der Waals surface area contributed by atoms with Gasteiger partial charge in [0.15, 0.2) is 5.96 Å². The van der Waals surface area contributed by atoms with E-state index in [1.54, 1.807) is 0 Å². The van der Waals surface area contributed by atoms with Crippen LogP contribution in [0.5, 0.6) is 5.75 Å². The van der Waals surface area contributed by atoms with Gasteiger partial charge in [-0.3, -0.25) is 0 Å². The second-order valence-corrected chi connectivity index (χ2v) is 6.58. The van der Waals surface area contributed by atoms with Gasteiger partial charge in [-0.1, -0.05) is 12.1 Å². The predicted octanol–water partition coefficient (Wildman–Crippen LogP) is 2.87. The summed E-state index contributed by atoms with van der Waals surface area (Å²) in [7, 11) is 0. The molecule has 0 fully saturated rings. The third-order valence-electron chi connectivity index (χ3n) is 3.87. The number of aliphatic imine (C=N–C) groups is 1. The van der Waals surface area contributed by atoms with Gasteiger partial charge < -0.3 is 24.9 Å². The minimum atomic E-state index is -0.684. The molecule has 1 heterocycles. The van der Waals surface area contributed by atoms with E-state index in [4.69, 9.17) is 9.15 Å². The highest BCUT2D eigenvalue weighted by molar-refractivity contribution is 5.79. The van der Waals surface area contributed by atoms with E-state index in [1.807, 2.05) is 58.9 Å². The number of nitrogens with one attached hydrogen (secondary N) is 2. The second kappa shape index (κ2) is 9.97. The first-order chi connectivity index (χ1) is 12.9. The van der Waals surface area contributed by atoms with Gasteiger partial charge in [-0.05, 0) is 52.3 Å². The number of aliphatic hydroxyl groups is 1. The fourth-order valence-electron chi connectivity index (χ4n) is 2.47. The van der Waals surface area contributed by atoms with Crippen molar-refractivity contribution in [2.24, 2.45) is 4.99 Å². The van der Waals surface area contributed by atoms with Crippen LogP contribution >= 0.6 is 0 Å². The first-order valence-electron chi connectivity index (χ1n) is 9.28. The van der Waals surface area contributed by atoms with Crippen molar-refractivity contribution in [3.63, 3.8) is 0 Å². The van der Waals surface area contributed by atoms with Crippen LogP contribution in [0.1, 0.15) is 49.8 Å². The van der Waals surface area contributed by atoms with Crippen LogP contribution in [-0.4, -0.2) is 35.2 Å². The molecule has 0 bridgehead atoms. The van der Waals surface area contributed by atoms with Crippen molar-refractivity contribution in [3.8, 4) is 5.75 Å². The number of rotatable bonds is 8. The first-order valence-corrected chi connectivity index (χ1v) is 9.28. The van der Waals surface area contributed by atoms with Crippen LogP contribution in [0.15, 0.2) is 33.7 Å². The molecule has 148 valence electrons. The average molecular weight is 374 g/mol. The fraction of sp³-hybridized carbons (Fsp3) is 0.500. The Kier molecular flexibility index (Phi) is 7.67. The molecule has 0 aliphatic heterocycles. The summed E-state index contributed by atoms with van der Waals surface area (Å²) in [6, 6.07) is 7.50. The van der Waals surface area contributed by atoms with E-state index >= 15 is 0 Å². The Morgan fingerprint density at radius 2 is 2.07 bits per heavy atom. The largest absolute Gasteiger partial charge is 0.491 e. The molecular formula is C20H30N4O3. The lowest BCUT2D eigenvalue weighted by Crippen LogP contribution is -2.39. The number of aryl methyl sites for hydroxylation is 2. The van der Waals surface area contributed by atoms with Crippen molar-refractivity contribution in [3.05, 3.63) is 47.2 Å². The van der Waals surface area contributed by atoms with Crippen molar-refractivity contribution in [2.75, 3.05) is 13.1 Å². The van der Waals surface area contributed by atoms with Gasteiger partial charge in [0.1, 0.15) is 18.1 Å². The molecule has 0 saturated heterocycles. The van der Waals surface area contributed by atoms with E-state index < -0.39 is 6.10 Å². The van der Waals surface area contributed by atoms with Crippen LogP contribution in [0, 0.1) is 13.8 Å². The second-order valence-electron chi connectivity index (χ2n) is 6.58. The van der Waals surface area contributed by atoms with Gasteiger partial charge in [0.2, 0.25) is 5.89 Å². The smallest absolute Gasteiger partial charge is 0.216 e. The summed E-state index contributed by atoms with van der Waals surface area (Å²) in [6.45, 7) is 11.1. The van der Waals surface area contributed by atoms with Crippen molar-refractivity contribution < 1.29 is 14.3 Å². The van der Waals surface area contributed by atoms with Crippen molar-refractivity contribution in [1.82, 2.24) is 15.6 Å². The Morgan fingerprint density at radius 3 is 2.70 bits per heavy atom. The quantitative estimate of drug-likeness (QED) is 0.486. The van der Waals surface area contributed by atoms with Crippen molar-refractivity contribution in [2.45, 2.75) is 53.4 Å². The molecule has 1 aromatic heterocycles. The highest BCUT2D eigenvalue weighted by Crippen LogP contribution is 2.20. The third-order valence-corrected chi connectivity index (χ3v) is 3.87. The number of oxazole rings is 1. The van der Waals surface area contributed by atoms with Crippen LogP contribution in [0.2, 0.25) is 0 Å². The summed E-state index contributed by atoms with van der Waals surface area (Å²) < 4.78 is 11.2. The summed E-state index contributed by atoms with van der Waals surface area (Å²) in [5.41, 5.74) is 1.66. The molecule has 1 aromatic carbocycles. The highest BCUT2D eigenvalue weighted by atomic mass is 16.5.